The Hall–Kier alpha value is -0.811. The Kier molecular flexibility index (Phi) is 10.8. The summed E-state index contributed by atoms with van der Waals surface area (Å²) in [5.74, 6) is 2.96. The van der Waals surface area contributed by atoms with Gasteiger partial charge in [-0.2, -0.15) is 5.41 Å². The van der Waals surface area contributed by atoms with Gasteiger partial charge in [-0.1, -0.05) is 90.7 Å². The summed E-state index contributed by atoms with van der Waals surface area (Å²) in [6, 6.07) is 6.62. The number of allylic oxidation sites excluding steroid dienone is 3. The summed E-state index contributed by atoms with van der Waals surface area (Å²) in [6.07, 6.45) is 6.23. The van der Waals surface area contributed by atoms with E-state index in [-0.39, 0.29) is 22.5 Å². The molecule has 1 atom stereocenters. The van der Waals surface area contributed by atoms with E-state index in [1.165, 1.54) is 16.7 Å². The molecule has 0 saturated carbocycles. The van der Waals surface area contributed by atoms with Gasteiger partial charge in [0.15, 0.2) is 0 Å². The summed E-state index contributed by atoms with van der Waals surface area (Å²) >= 11 is 0. The maximum absolute atomic E-state index is 4.77. The molecule has 1 aliphatic rings. The number of nitrogens with zero attached hydrogens (tertiary/aromatic N) is 1. The van der Waals surface area contributed by atoms with Crippen LogP contribution in [0.25, 0.3) is 11.0 Å². The molecule has 0 fully saturated rings. The summed E-state index contributed by atoms with van der Waals surface area (Å²) < 4.78 is 0. The van der Waals surface area contributed by atoms with Gasteiger partial charge in [-0.15, -0.1) is 20.6 Å². The minimum Gasteiger partial charge on any atom is -0.657 e. The number of hydrogen-bond acceptors (Lipinski definition) is 0. The Bertz CT molecular complexity index is 629. The monoisotopic (exact) mass is 411 g/mol. The Morgan fingerprint density at radius 2 is 1.50 bits per heavy atom. The molecular weight excluding hydrogens is 377 g/mol. The predicted molar refractivity (Wildman–Crippen MR) is 118 cm³/mol. The van der Waals surface area contributed by atoms with Crippen LogP contribution in [0.1, 0.15) is 77.0 Å². The second-order valence-electron chi connectivity index (χ2n) is 8.30. The third-order valence-corrected chi connectivity index (χ3v) is 3.91. The second kappa shape index (κ2) is 11.1. The summed E-state index contributed by atoms with van der Waals surface area (Å²) in [7, 11) is 2.63. The zero-order valence-electron chi connectivity index (χ0n) is 17.3. The fraction of sp³-hybridized carbons (Fsp3) is 0.435. The van der Waals surface area contributed by atoms with Gasteiger partial charge in [0.05, 0.1) is 0 Å². The molecule has 0 bridgehead atoms. The fourth-order valence-corrected chi connectivity index (χ4v) is 2.72. The van der Waals surface area contributed by atoms with Crippen molar-refractivity contribution in [2.24, 2.45) is 5.41 Å². The van der Waals surface area contributed by atoms with Crippen molar-refractivity contribution >= 4 is 14.9 Å². The van der Waals surface area contributed by atoms with Gasteiger partial charge in [-0.3, -0.25) is 0 Å². The fourth-order valence-electron chi connectivity index (χ4n) is 2.53. The Morgan fingerprint density at radius 3 is 1.88 bits per heavy atom. The normalized spacial score (nSPS) is 15.2. The maximum atomic E-state index is 4.77. The Balaban J connectivity index is 0.000000923. The first-order chi connectivity index (χ1) is 11.5. The molecule has 1 aromatic rings. The quantitative estimate of drug-likeness (QED) is 0.274. The maximum Gasteiger partial charge on any atom is 2.00 e. The summed E-state index contributed by atoms with van der Waals surface area (Å²) in [4.78, 5) is 0. The molecule has 1 aliphatic heterocycles. The van der Waals surface area contributed by atoms with Gasteiger partial charge in [0, 0.05) is 0 Å². The first-order valence-corrected chi connectivity index (χ1v) is 9.71. The van der Waals surface area contributed by atoms with Crippen molar-refractivity contribution in [3.63, 3.8) is 0 Å². The second-order valence-corrected chi connectivity index (χ2v) is 8.63. The van der Waals surface area contributed by atoms with E-state index in [1.54, 1.807) is 0 Å². The van der Waals surface area contributed by atoms with Crippen molar-refractivity contribution in [1.29, 1.82) is 0 Å². The van der Waals surface area contributed by atoms with Gasteiger partial charge < -0.3 is 12.2 Å². The third kappa shape index (κ3) is 8.26. The molecule has 2 rings (SSSR count). The molecule has 1 nitrogen and oxygen atoms in total. The number of benzene rings is 1. The first kappa shape index (κ1) is 25.2. The van der Waals surface area contributed by atoms with E-state index in [0.717, 1.165) is 11.4 Å². The molecule has 1 unspecified atom stereocenters. The minimum absolute atomic E-state index is 0. The zero-order valence-corrected chi connectivity index (χ0v) is 19.5. The van der Waals surface area contributed by atoms with Crippen molar-refractivity contribution < 1.29 is 17.1 Å². The minimum atomic E-state index is 0. The van der Waals surface area contributed by atoms with Crippen LogP contribution in [0.3, 0.4) is 0 Å². The average Bonchev–Trinajstić information content (AvgIpc) is 2.52. The van der Waals surface area contributed by atoms with E-state index in [9.17, 15) is 0 Å². The molecule has 0 aromatic heterocycles. The van der Waals surface area contributed by atoms with Crippen LogP contribution in [-0.4, -0.2) is 0 Å². The van der Waals surface area contributed by atoms with Gasteiger partial charge in [-0.05, 0) is 28.5 Å². The van der Waals surface area contributed by atoms with Gasteiger partial charge in [0.2, 0.25) is 0 Å². The SMILES string of the molecule is CC(C)c1cccc(C(C)C)c1C1=CC=C/C(=C/P)[N-]1.[CH2-]C(C)(C)C.[Fe+2]. The van der Waals surface area contributed by atoms with Gasteiger partial charge >= 0.3 is 17.1 Å². The molecule has 144 valence electrons. The van der Waals surface area contributed by atoms with Crippen molar-refractivity contribution in [3.8, 4) is 0 Å². The predicted octanol–water partition coefficient (Wildman–Crippen LogP) is 7.80. The molecule has 0 spiro atoms. The first-order valence-electron chi connectivity index (χ1n) is 9.05. The molecule has 26 heavy (non-hydrogen) atoms. The topological polar surface area (TPSA) is 14.1 Å². The number of rotatable bonds is 3. The van der Waals surface area contributed by atoms with Crippen LogP contribution >= 0.6 is 9.24 Å². The zero-order chi connectivity index (χ0) is 19.2. The van der Waals surface area contributed by atoms with E-state index < -0.39 is 0 Å². The standard InChI is InChI=1S/C18H23NP.C5H11.Fe/c1-12(2)15-8-6-9-16(13(3)4)18(15)17-10-5-7-14(11-20)19-17;1-5(2,3)4;/h5-13H,20H2,1-4H3;1H2,2-4H3;/q2*-1;+2/b14-11-;;. The van der Waals surface area contributed by atoms with Gasteiger partial charge in [0.25, 0.3) is 0 Å². The molecule has 0 N–H and O–H groups in total. The van der Waals surface area contributed by atoms with Crippen LogP contribution < -0.4 is 0 Å². The Morgan fingerprint density at radius 1 is 1.04 bits per heavy atom. The third-order valence-electron chi connectivity index (χ3n) is 3.57. The largest absolute Gasteiger partial charge is 2.00 e. The van der Waals surface area contributed by atoms with E-state index >= 15 is 0 Å². The molecule has 0 saturated heterocycles. The van der Waals surface area contributed by atoms with Crippen LogP contribution in [0.2, 0.25) is 0 Å². The average molecular weight is 411 g/mol. The summed E-state index contributed by atoms with van der Waals surface area (Å²) in [5, 5.41) is 4.77. The van der Waals surface area contributed by atoms with E-state index in [0.29, 0.717) is 11.8 Å². The van der Waals surface area contributed by atoms with Crippen LogP contribution in [0.4, 0.5) is 0 Å². The summed E-state index contributed by atoms with van der Waals surface area (Å²) in [5.41, 5.74) is 6.40. The number of hydrogen-bond donors (Lipinski definition) is 0. The summed E-state index contributed by atoms with van der Waals surface area (Å²) in [6.45, 7) is 19.0. The molecule has 0 amide bonds. The van der Waals surface area contributed by atoms with Gasteiger partial charge in [-0.25, -0.2) is 0 Å². The van der Waals surface area contributed by atoms with E-state index in [2.05, 4.69) is 95.0 Å². The van der Waals surface area contributed by atoms with Crippen LogP contribution in [0, 0.1) is 12.3 Å². The smallest absolute Gasteiger partial charge is 0.657 e. The van der Waals surface area contributed by atoms with Crippen LogP contribution in [-0.2, 0) is 17.1 Å². The molecule has 0 radical (unpaired) electrons. The molecule has 1 aromatic carbocycles. The molecular formula is C23H34FeNP. The molecule has 0 aliphatic carbocycles. The van der Waals surface area contributed by atoms with Crippen molar-refractivity contribution in [1.82, 2.24) is 0 Å². The van der Waals surface area contributed by atoms with Gasteiger partial charge in [0.1, 0.15) is 0 Å². The van der Waals surface area contributed by atoms with Crippen molar-refractivity contribution in [3.05, 3.63) is 76.9 Å². The van der Waals surface area contributed by atoms with Crippen LogP contribution in [0.15, 0.2) is 47.9 Å². The Labute approximate surface area is 174 Å². The van der Waals surface area contributed by atoms with E-state index in [1.807, 2.05) is 11.9 Å². The van der Waals surface area contributed by atoms with Crippen molar-refractivity contribution in [2.45, 2.75) is 60.3 Å². The van der Waals surface area contributed by atoms with Crippen LogP contribution in [0.5, 0.6) is 0 Å². The molecule has 1 heterocycles. The van der Waals surface area contributed by atoms with Crippen molar-refractivity contribution in [2.75, 3.05) is 0 Å². The van der Waals surface area contributed by atoms with E-state index in [4.69, 9.17) is 5.32 Å². The molecule has 3 heteroatoms.